The number of rotatable bonds is 6. The van der Waals surface area contributed by atoms with E-state index in [2.05, 4.69) is 88.2 Å². The Morgan fingerprint density at radius 1 is 1.08 bits per heavy atom. The zero-order valence-electron chi connectivity index (χ0n) is 17.1. The molecule has 0 N–H and O–H groups in total. The van der Waals surface area contributed by atoms with Gasteiger partial charge in [-0.2, -0.15) is 0 Å². The van der Waals surface area contributed by atoms with Crippen LogP contribution in [0.1, 0.15) is 24.5 Å². The predicted molar refractivity (Wildman–Crippen MR) is 120 cm³/mol. The van der Waals surface area contributed by atoms with Crippen LogP contribution in [0.2, 0.25) is 38.8 Å². The highest BCUT2D eigenvalue weighted by Gasteiger charge is 2.32. The van der Waals surface area contributed by atoms with Crippen LogP contribution in [-0.2, 0) is 4.43 Å². The van der Waals surface area contributed by atoms with Gasteiger partial charge in [0.15, 0.2) is 8.32 Å². The molecule has 0 bridgehead atoms. The highest BCUT2D eigenvalue weighted by molar-refractivity contribution is 6.85. The lowest BCUT2D eigenvalue weighted by molar-refractivity contribution is 0.332. The van der Waals surface area contributed by atoms with Crippen molar-refractivity contribution in [3.8, 4) is 0 Å². The summed E-state index contributed by atoms with van der Waals surface area (Å²) in [6.45, 7) is 14.9. The SMILES string of the molecule is CC=C1C(C2=C([Si](C)(C)CCO[Si](C)(C)C)C=CC2)=Cc2ccccc21. The number of fused-ring (bicyclic) bond motifs is 1. The highest BCUT2D eigenvalue weighted by atomic mass is 28.4. The summed E-state index contributed by atoms with van der Waals surface area (Å²) >= 11 is 0. The Labute approximate surface area is 161 Å². The van der Waals surface area contributed by atoms with E-state index in [1.165, 1.54) is 28.3 Å². The fourth-order valence-electron chi connectivity index (χ4n) is 3.95. The average molecular weight is 381 g/mol. The lowest BCUT2D eigenvalue weighted by Gasteiger charge is -2.28. The van der Waals surface area contributed by atoms with Gasteiger partial charge in [0.1, 0.15) is 0 Å². The van der Waals surface area contributed by atoms with Crippen LogP contribution in [-0.4, -0.2) is 23.0 Å². The molecule has 0 atom stereocenters. The molecule has 0 unspecified atom stereocenters. The van der Waals surface area contributed by atoms with Gasteiger partial charge in [0.05, 0.1) is 8.07 Å². The largest absolute Gasteiger partial charge is 0.418 e. The van der Waals surface area contributed by atoms with Crippen LogP contribution in [0.5, 0.6) is 0 Å². The van der Waals surface area contributed by atoms with E-state index in [0.29, 0.717) is 0 Å². The summed E-state index contributed by atoms with van der Waals surface area (Å²) in [6, 6.07) is 9.97. The van der Waals surface area contributed by atoms with E-state index in [9.17, 15) is 0 Å². The molecule has 0 spiro atoms. The molecule has 1 aromatic carbocycles. The lowest BCUT2D eigenvalue weighted by atomic mass is 9.96. The third kappa shape index (κ3) is 3.95. The summed E-state index contributed by atoms with van der Waals surface area (Å²) in [6.07, 6.45) is 10.5. The number of benzene rings is 1. The van der Waals surface area contributed by atoms with E-state index in [0.717, 1.165) is 13.0 Å². The van der Waals surface area contributed by atoms with Crippen LogP contribution < -0.4 is 0 Å². The van der Waals surface area contributed by atoms with Gasteiger partial charge < -0.3 is 4.43 Å². The Morgan fingerprint density at radius 3 is 2.50 bits per heavy atom. The molecule has 3 heteroatoms. The minimum atomic E-state index is -1.52. The first-order valence-corrected chi connectivity index (χ1v) is 16.4. The molecule has 26 heavy (non-hydrogen) atoms. The first-order valence-electron chi connectivity index (χ1n) is 9.75. The van der Waals surface area contributed by atoms with E-state index < -0.39 is 16.4 Å². The van der Waals surface area contributed by atoms with Crippen LogP contribution in [0.15, 0.2) is 58.8 Å². The van der Waals surface area contributed by atoms with Gasteiger partial charge in [-0.1, -0.05) is 60.8 Å². The van der Waals surface area contributed by atoms with E-state index >= 15 is 0 Å². The summed E-state index contributed by atoms with van der Waals surface area (Å²) in [4.78, 5) is 0. The maximum absolute atomic E-state index is 6.18. The van der Waals surface area contributed by atoms with Gasteiger partial charge in [-0.25, -0.2) is 0 Å². The summed E-state index contributed by atoms with van der Waals surface area (Å²) in [5.41, 5.74) is 7.14. The van der Waals surface area contributed by atoms with Crippen molar-refractivity contribution in [2.75, 3.05) is 6.61 Å². The van der Waals surface area contributed by atoms with Crippen LogP contribution >= 0.6 is 0 Å². The van der Waals surface area contributed by atoms with Crippen LogP contribution in [0.3, 0.4) is 0 Å². The van der Waals surface area contributed by atoms with Gasteiger partial charge >= 0.3 is 0 Å². The topological polar surface area (TPSA) is 9.23 Å². The van der Waals surface area contributed by atoms with Crippen LogP contribution in [0, 0.1) is 0 Å². The second kappa shape index (κ2) is 7.30. The molecule has 0 fully saturated rings. The van der Waals surface area contributed by atoms with Crippen molar-refractivity contribution in [1.82, 2.24) is 0 Å². The Bertz CT molecular complexity index is 817. The van der Waals surface area contributed by atoms with Crippen molar-refractivity contribution >= 4 is 28.0 Å². The fraction of sp³-hybridized carbons (Fsp3) is 0.391. The molecule has 0 heterocycles. The number of hydrogen-bond donors (Lipinski definition) is 0. The summed E-state index contributed by atoms with van der Waals surface area (Å²) in [7, 11) is -2.96. The summed E-state index contributed by atoms with van der Waals surface area (Å²) in [5.74, 6) is 0. The normalized spacial score (nSPS) is 18.7. The molecule has 0 saturated heterocycles. The highest BCUT2D eigenvalue weighted by Crippen LogP contribution is 2.44. The molecule has 0 aliphatic heterocycles. The maximum atomic E-state index is 6.18. The van der Waals surface area contributed by atoms with Gasteiger partial charge in [-0.15, -0.1) is 0 Å². The number of hydrogen-bond acceptors (Lipinski definition) is 1. The standard InChI is InChI=1S/C23H32OSi2/c1-7-19-20-12-9-8-11-18(20)17-22(19)21-13-10-14-23(21)26(5,6)16-15-24-25(2,3)4/h7-12,14,17H,13,15-16H2,1-6H3. The Kier molecular flexibility index (Phi) is 5.43. The van der Waals surface area contributed by atoms with Crippen molar-refractivity contribution in [3.63, 3.8) is 0 Å². The van der Waals surface area contributed by atoms with Gasteiger partial charge in [0.2, 0.25) is 0 Å². The van der Waals surface area contributed by atoms with E-state index in [1.54, 1.807) is 10.8 Å². The Hall–Kier alpha value is -1.43. The first-order chi connectivity index (χ1) is 12.2. The molecule has 0 saturated carbocycles. The summed E-state index contributed by atoms with van der Waals surface area (Å²) < 4.78 is 6.18. The van der Waals surface area contributed by atoms with Crippen molar-refractivity contribution in [3.05, 3.63) is 70.0 Å². The molecular weight excluding hydrogens is 348 g/mol. The van der Waals surface area contributed by atoms with E-state index in [4.69, 9.17) is 4.43 Å². The van der Waals surface area contributed by atoms with Crippen LogP contribution in [0.25, 0.3) is 11.6 Å². The molecule has 2 aliphatic carbocycles. The van der Waals surface area contributed by atoms with E-state index in [-0.39, 0.29) is 0 Å². The van der Waals surface area contributed by atoms with Crippen molar-refractivity contribution in [2.24, 2.45) is 0 Å². The van der Waals surface area contributed by atoms with Crippen molar-refractivity contribution < 1.29 is 4.43 Å². The van der Waals surface area contributed by atoms with Gasteiger partial charge in [-0.05, 0) is 73.0 Å². The minimum Gasteiger partial charge on any atom is -0.418 e. The van der Waals surface area contributed by atoms with Crippen molar-refractivity contribution in [1.29, 1.82) is 0 Å². The molecular formula is C23H32OSi2. The van der Waals surface area contributed by atoms with Gasteiger partial charge in [-0.3, -0.25) is 0 Å². The smallest absolute Gasteiger partial charge is 0.183 e. The third-order valence-electron chi connectivity index (χ3n) is 5.38. The fourth-order valence-corrected chi connectivity index (χ4v) is 7.37. The predicted octanol–water partition coefficient (Wildman–Crippen LogP) is 6.84. The van der Waals surface area contributed by atoms with Crippen LogP contribution in [0.4, 0.5) is 0 Å². The zero-order chi connectivity index (χ0) is 18.9. The molecule has 0 amide bonds. The second-order valence-corrected chi connectivity index (χ2v) is 18.3. The minimum absolute atomic E-state index is 0.912. The molecule has 138 valence electrons. The lowest BCUT2D eigenvalue weighted by Crippen LogP contribution is -2.34. The zero-order valence-corrected chi connectivity index (χ0v) is 19.1. The van der Waals surface area contributed by atoms with E-state index in [1.807, 2.05) is 0 Å². The quantitative estimate of drug-likeness (QED) is 0.491. The first kappa shape index (κ1) is 19.3. The molecule has 3 rings (SSSR count). The van der Waals surface area contributed by atoms with Gasteiger partial charge in [0.25, 0.3) is 0 Å². The molecule has 1 nitrogen and oxygen atoms in total. The van der Waals surface area contributed by atoms with Gasteiger partial charge in [0, 0.05) is 6.61 Å². The molecule has 0 radical (unpaired) electrons. The molecule has 2 aliphatic rings. The number of allylic oxidation sites excluding steroid dienone is 7. The average Bonchev–Trinajstić information content (AvgIpc) is 3.17. The maximum Gasteiger partial charge on any atom is 0.183 e. The summed E-state index contributed by atoms with van der Waals surface area (Å²) in [5, 5.41) is 1.62. The second-order valence-electron chi connectivity index (χ2n) is 8.94. The monoisotopic (exact) mass is 380 g/mol. The Morgan fingerprint density at radius 2 is 1.81 bits per heavy atom. The molecule has 0 aromatic heterocycles. The van der Waals surface area contributed by atoms with Crippen molar-refractivity contribution in [2.45, 2.75) is 52.1 Å². The molecule has 1 aromatic rings. The third-order valence-corrected chi connectivity index (χ3v) is 9.83. The Balaban J connectivity index is 1.90.